The van der Waals surface area contributed by atoms with Crippen molar-refractivity contribution < 1.29 is 9.47 Å². The molecular weight excluding hydrogens is 527 g/mol. The van der Waals surface area contributed by atoms with Crippen molar-refractivity contribution in [2.75, 3.05) is 20.4 Å². The van der Waals surface area contributed by atoms with Crippen LogP contribution >= 0.6 is 20.8 Å². The van der Waals surface area contributed by atoms with E-state index < -0.39 is 5.31 Å². The number of halogens is 1. The Balaban J connectivity index is 1.93. The van der Waals surface area contributed by atoms with Crippen molar-refractivity contribution in [1.29, 1.82) is 0 Å². The van der Waals surface area contributed by atoms with Crippen LogP contribution in [0.4, 0.5) is 0 Å². The Morgan fingerprint density at radius 2 is 0.944 bits per heavy atom. The number of hydrogen-bond acceptors (Lipinski definition) is 2. The Morgan fingerprint density at radius 1 is 0.583 bits per heavy atom. The molecule has 0 unspecified atom stereocenters. The number of benzene rings is 3. The van der Waals surface area contributed by atoms with E-state index in [0.29, 0.717) is 0 Å². The van der Waals surface area contributed by atoms with Crippen LogP contribution in [-0.4, -0.2) is 26.7 Å². The molecule has 0 N–H and O–H groups in total. The number of methoxy groups -OCH3 is 2. The van der Waals surface area contributed by atoms with Crippen LogP contribution in [0.25, 0.3) is 0 Å². The van der Waals surface area contributed by atoms with Crippen LogP contribution in [0.15, 0.2) is 72.8 Å². The third-order valence-electron chi connectivity index (χ3n) is 7.65. The Morgan fingerprint density at radius 3 is 1.33 bits per heavy atom. The number of rotatable bonds is 14. The van der Waals surface area contributed by atoms with E-state index in [4.69, 9.17) is 25.0 Å². The molecule has 0 saturated carbocycles. The van der Waals surface area contributed by atoms with Gasteiger partial charge in [-0.2, -0.15) is 0 Å². The van der Waals surface area contributed by atoms with Crippen molar-refractivity contribution >= 4 is 36.7 Å². The van der Waals surface area contributed by atoms with Crippen LogP contribution in [0, 0.1) is 20.8 Å². The number of aryl methyl sites for hydroxylation is 3. The summed E-state index contributed by atoms with van der Waals surface area (Å²) in [5.74, 6) is 0. The summed E-state index contributed by atoms with van der Waals surface area (Å²) < 4.78 is 10.7. The fourth-order valence-corrected chi connectivity index (χ4v) is 16.0. The number of hydrogen-bond donors (Lipinski definition) is 0. The maximum absolute atomic E-state index is 5.33. The summed E-state index contributed by atoms with van der Waals surface area (Å²) in [4.78, 5) is 0. The van der Waals surface area contributed by atoms with Crippen LogP contribution in [0.5, 0.6) is 0 Å². The third-order valence-corrected chi connectivity index (χ3v) is 17.8. The van der Waals surface area contributed by atoms with Crippen molar-refractivity contribution in [2.45, 2.75) is 72.0 Å². The first kappa shape index (κ1) is 29.1. The van der Waals surface area contributed by atoms with Gasteiger partial charge in [0.2, 0.25) is 0 Å². The molecule has 3 aromatic rings. The summed E-state index contributed by atoms with van der Waals surface area (Å²) in [7, 11) is 3.44. The van der Waals surface area contributed by atoms with Gasteiger partial charge in [-0.15, -0.1) is 0 Å². The summed E-state index contributed by atoms with van der Waals surface area (Å²) in [6.45, 7) is 6.84. The minimum absolute atomic E-state index is 0.0677. The molecule has 0 spiro atoms. The molecule has 0 amide bonds. The molecule has 0 atom stereocenters. The normalized spacial score (nSPS) is 13.0. The molecule has 0 heterocycles. The molecule has 0 aliphatic heterocycles. The van der Waals surface area contributed by atoms with Gasteiger partial charge in [-0.25, -0.2) is 0 Å². The van der Waals surface area contributed by atoms with Gasteiger partial charge in [0.15, 0.2) is 0 Å². The van der Waals surface area contributed by atoms with Gasteiger partial charge in [0.1, 0.15) is 0 Å². The Labute approximate surface area is 227 Å². The first-order chi connectivity index (χ1) is 17.4. The fraction of sp³-hybridized carbons (Fsp3) is 0.438. The molecule has 196 valence electrons. The predicted octanol–water partition coefficient (Wildman–Crippen LogP) is 8.10. The Hall–Kier alpha value is -1.51. The fourth-order valence-electron chi connectivity index (χ4n) is 5.77. The molecule has 0 fully saturated rings. The van der Waals surface area contributed by atoms with Crippen molar-refractivity contribution in [1.82, 2.24) is 0 Å². The van der Waals surface area contributed by atoms with E-state index in [1.807, 2.05) is 0 Å². The quantitative estimate of drug-likeness (QED) is 0.111. The van der Waals surface area contributed by atoms with Crippen LogP contribution in [0.2, 0.25) is 0 Å². The molecule has 0 bridgehead atoms. The van der Waals surface area contributed by atoms with Crippen LogP contribution in [0.1, 0.15) is 61.6 Å². The van der Waals surface area contributed by atoms with Crippen molar-refractivity contribution in [3.63, 3.8) is 0 Å². The van der Waals surface area contributed by atoms with Gasteiger partial charge >= 0.3 is 228 Å². The summed E-state index contributed by atoms with van der Waals surface area (Å²) >= 11 is 4.70. The summed E-state index contributed by atoms with van der Waals surface area (Å²) in [5.41, 5.74) is 4.10. The van der Waals surface area contributed by atoms with Gasteiger partial charge in [0.05, 0.1) is 0 Å². The van der Waals surface area contributed by atoms with Gasteiger partial charge in [-0.3, -0.25) is 0 Å². The second-order valence-electron chi connectivity index (χ2n) is 10.1. The van der Waals surface area contributed by atoms with E-state index in [1.165, 1.54) is 64.7 Å². The zero-order chi connectivity index (χ0) is 26.0. The van der Waals surface area contributed by atoms with Gasteiger partial charge < -0.3 is 0 Å². The zero-order valence-corrected chi connectivity index (χ0v) is 25.3. The number of unbranched alkanes of at least 4 members (excludes halogenated alkanes) is 5. The van der Waals surface area contributed by atoms with Crippen molar-refractivity contribution in [2.24, 2.45) is 0 Å². The standard InChI is InChI=1S/C32H44BrO2P/c1-26-18-11-14-21-29(26)36(33,30-22-15-12-19-27(30)2,31-23-16-13-20-28(31)3)25-17-9-7-6-8-10-24-32(34-4)35-5/h11-16,18-23,32H,6-10,17,24-25H2,1-5H3. The van der Waals surface area contributed by atoms with E-state index in [2.05, 4.69) is 93.6 Å². The third kappa shape index (κ3) is 6.13. The molecule has 3 rings (SSSR count). The molecule has 36 heavy (non-hydrogen) atoms. The minimum atomic E-state index is -2.90. The van der Waals surface area contributed by atoms with E-state index in [9.17, 15) is 0 Å². The Bertz CT molecular complexity index is 995. The maximum atomic E-state index is 5.33. The van der Waals surface area contributed by atoms with E-state index in [1.54, 1.807) is 14.2 Å². The first-order valence-corrected chi connectivity index (χ1v) is 17.8. The van der Waals surface area contributed by atoms with Gasteiger partial charge in [-0.05, 0) is 0 Å². The molecule has 0 aliphatic rings. The molecular formula is C32H44BrO2P. The SMILES string of the molecule is COC(CCCCCCCCP(Br)(c1ccccc1C)(c1ccccc1C)c1ccccc1C)OC. The van der Waals surface area contributed by atoms with Crippen molar-refractivity contribution in [3.05, 3.63) is 89.5 Å². The van der Waals surface area contributed by atoms with E-state index in [-0.39, 0.29) is 6.29 Å². The van der Waals surface area contributed by atoms with Gasteiger partial charge in [-0.1, -0.05) is 0 Å². The molecule has 3 aromatic carbocycles. The topological polar surface area (TPSA) is 18.5 Å². The van der Waals surface area contributed by atoms with E-state index >= 15 is 0 Å². The van der Waals surface area contributed by atoms with Crippen LogP contribution < -0.4 is 15.9 Å². The predicted molar refractivity (Wildman–Crippen MR) is 163 cm³/mol. The molecule has 0 radical (unpaired) electrons. The monoisotopic (exact) mass is 570 g/mol. The molecule has 2 nitrogen and oxygen atoms in total. The summed E-state index contributed by atoms with van der Waals surface area (Å²) in [6, 6.07) is 27.1. The second-order valence-corrected chi connectivity index (χ2v) is 19.0. The second kappa shape index (κ2) is 13.3. The molecule has 0 aliphatic carbocycles. The Kier molecular flexibility index (Phi) is 10.8. The molecule has 0 saturated heterocycles. The van der Waals surface area contributed by atoms with Gasteiger partial charge in [0.25, 0.3) is 0 Å². The van der Waals surface area contributed by atoms with E-state index in [0.717, 1.165) is 19.0 Å². The summed E-state index contributed by atoms with van der Waals surface area (Å²) in [5, 5.41) is 1.51. The van der Waals surface area contributed by atoms with Gasteiger partial charge in [0, 0.05) is 0 Å². The van der Waals surface area contributed by atoms with Crippen molar-refractivity contribution in [3.8, 4) is 0 Å². The average Bonchev–Trinajstić information content (AvgIpc) is 2.88. The summed E-state index contributed by atoms with van der Waals surface area (Å²) in [6.07, 6.45) is 9.37. The zero-order valence-electron chi connectivity index (χ0n) is 22.8. The molecule has 0 aromatic heterocycles. The average molecular weight is 572 g/mol. The van der Waals surface area contributed by atoms with Crippen LogP contribution in [-0.2, 0) is 9.47 Å². The van der Waals surface area contributed by atoms with Crippen LogP contribution in [0.3, 0.4) is 0 Å². The first-order valence-electron chi connectivity index (χ1n) is 13.3. The molecule has 4 heteroatoms. The number of ether oxygens (including phenoxy) is 2.